The molecule has 24 heavy (non-hydrogen) atoms. The maximum Gasteiger partial charge on any atom is 0.234 e. The van der Waals surface area contributed by atoms with Crippen molar-refractivity contribution in [3.05, 3.63) is 11.7 Å². The average molecular weight is 337 g/mol. The Labute approximate surface area is 142 Å². The molecule has 8 heteroatoms. The van der Waals surface area contributed by atoms with Gasteiger partial charge in [-0.15, -0.1) is 0 Å². The van der Waals surface area contributed by atoms with E-state index in [0.717, 1.165) is 39.0 Å². The van der Waals surface area contributed by atoms with Crippen LogP contribution in [0, 0.1) is 6.92 Å². The predicted molar refractivity (Wildman–Crippen MR) is 87.3 cm³/mol. The molecule has 0 saturated carbocycles. The monoisotopic (exact) mass is 337 g/mol. The molecule has 3 rings (SSSR count). The number of rotatable bonds is 7. The number of likely N-dealkylation sites (N-methyl/N-ethyl adjacent to an activating group) is 1. The zero-order valence-electron chi connectivity index (χ0n) is 14.5. The number of aryl methyl sites for hydroxylation is 1. The number of carbonyl (C=O) groups is 1. The summed E-state index contributed by atoms with van der Waals surface area (Å²) in [5.74, 6) is 1.39. The number of hydrogen-bond acceptors (Lipinski definition) is 7. The molecule has 0 unspecified atom stereocenters. The fourth-order valence-electron chi connectivity index (χ4n) is 3.37. The highest BCUT2D eigenvalue weighted by Gasteiger charge is 2.27. The molecule has 2 fully saturated rings. The van der Waals surface area contributed by atoms with Crippen molar-refractivity contribution in [2.24, 2.45) is 0 Å². The first-order valence-corrected chi connectivity index (χ1v) is 8.70. The molecule has 0 aromatic carbocycles. The Hall–Kier alpha value is -1.51. The molecule has 134 valence electrons. The minimum atomic E-state index is 0.0857. The van der Waals surface area contributed by atoms with Crippen molar-refractivity contribution in [2.75, 3.05) is 39.8 Å². The topological polar surface area (TPSA) is 83.7 Å². The van der Waals surface area contributed by atoms with Crippen LogP contribution in [-0.2, 0) is 16.1 Å². The summed E-state index contributed by atoms with van der Waals surface area (Å²) in [7, 11) is 2.07. The van der Waals surface area contributed by atoms with Gasteiger partial charge in [-0.05, 0) is 26.3 Å². The molecule has 2 aliphatic heterocycles. The van der Waals surface area contributed by atoms with Gasteiger partial charge in [-0.25, -0.2) is 0 Å². The van der Waals surface area contributed by atoms with Gasteiger partial charge in [-0.2, -0.15) is 4.98 Å². The first-order valence-electron chi connectivity index (χ1n) is 8.70. The summed E-state index contributed by atoms with van der Waals surface area (Å²) in [5.41, 5.74) is 0. The lowest BCUT2D eigenvalue weighted by Crippen LogP contribution is -2.41. The molecular formula is C16H27N5O3. The number of likely N-dealkylation sites (tertiary alicyclic amines) is 1. The molecule has 0 aliphatic carbocycles. The van der Waals surface area contributed by atoms with Crippen LogP contribution in [0.3, 0.4) is 0 Å². The highest BCUT2D eigenvalue weighted by Crippen LogP contribution is 2.16. The summed E-state index contributed by atoms with van der Waals surface area (Å²) in [6.45, 7) is 6.20. The second-order valence-corrected chi connectivity index (χ2v) is 6.76. The summed E-state index contributed by atoms with van der Waals surface area (Å²) in [4.78, 5) is 20.7. The van der Waals surface area contributed by atoms with Crippen LogP contribution >= 0.6 is 0 Å². The Balaban J connectivity index is 1.37. The van der Waals surface area contributed by atoms with E-state index in [9.17, 15) is 4.79 Å². The van der Waals surface area contributed by atoms with E-state index in [-0.39, 0.29) is 12.0 Å². The van der Waals surface area contributed by atoms with Crippen LogP contribution in [-0.4, -0.2) is 77.8 Å². The summed E-state index contributed by atoms with van der Waals surface area (Å²) in [6, 6.07) is 0.412. The van der Waals surface area contributed by atoms with Crippen LogP contribution in [0.2, 0.25) is 0 Å². The third kappa shape index (κ3) is 4.75. The third-order valence-corrected chi connectivity index (χ3v) is 4.75. The normalized spacial score (nSPS) is 24.8. The molecule has 0 radical (unpaired) electrons. The van der Waals surface area contributed by atoms with Gasteiger partial charge in [-0.3, -0.25) is 14.6 Å². The molecule has 0 spiro atoms. The molecule has 1 aromatic heterocycles. The number of carbonyl (C=O) groups excluding carboxylic acids is 1. The van der Waals surface area contributed by atoms with Gasteiger partial charge in [0.1, 0.15) is 0 Å². The van der Waals surface area contributed by atoms with Crippen LogP contribution in [0.25, 0.3) is 0 Å². The zero-order valence-corrected chi connectivity index (χ0v) is 14.5. The van der Waals surface area contributed by atoms with E-state index in [1.807, 2.05) is 0 Å². The van der Waals surface area contributed by atoms with Gasteiger partial charge in [0.25, 0.3) is 0 Å². The van der Waals surface area contributed by atoms with E-state index in [2.05, 4.69) is 32.3 Å². The molecule has 2 atom stereocenters. The fourth-order valence-corrected chi connectivity index (χ4v) is 3.37. The second-order valence-electron chi connectivity index (χ2n) is 6.76. The Bertz CT molecular complexity index is 544. The lowest BCUT2D eigenvalue weighted by Gasteiger charge is -2.23. The average Bonchev–Trinajstić information content (AvgIpc) is 3.27. The van der Waals surface area contributed by atoms with Crippen molar-refractivity contribution < 1.29 is 14.1 Å². The minimum Gasteiger partial charge on any atom is -0.376 e. The molecule has 1 N–H and O–H groups in total. The van der Waals surface area contributed by atoms with E-state index in [4.69, 9.17) is 9.26 Å². The quantitative estimate of drug-likeness (QED) is 0.760. The Morgan fingerprint density at radius 3 is 3.04 bits per heavy atom. The SMILES string of the molecule is Cc1nc(CN(C)[C@H]2CCN(CC(=O)NC[C@@H]3CCCO3)C2)no1. The number of ether oxygens (including phenoxy) is 1. The summed E-state index contributed by atoms with van der Waals surface area (Å²) >= 11 is 0. The summed E-state index contributed by atoms with van der Waals surface area (Å²) in [6.07, 6.45) is 3.39. The Morgan fingerprint density at radius 2 is 2.33 bits per heavy atom. The van der Waals surface area contributed by atoms with Gasteiger partial charge in [-0.1, -0.05) is 5.16 Å². The Kier molecular flexibility index (Phi) is 5.80. The standard InChI is InChI=1S/C16H27N5O3/c1-12-18-15(19-24-12)10-20(2)13-5-6-21(9-13)11-16(22)17-8-14-4-3-7-23-14/h13-14H,3-11H2,1-2H3,(H,17,22)/t13-,14-/m0/s1. The number of hydrogen-bond donors (Lipinski definition) is 1. The summed E-state index contributed by atoms with van der Waals surface area (Å²) in [5, 5.41) is 6.93. The first-order chi connectivity index (χ1) is 11.6. The second kappa shape index (κ2) is 8.04. The van der Waals surface area contributed by atoms with Gasteiger partial charge < -0.3 is 14.6 Å². The molecule has 0 bridgehead atoms. The van der Waals surface area contributed by atoms with Gasteiger partial charge in [0, 0.05) is 39.2 Å². The van der Waals surface area contributed by atoms with Crippen molar-refractivity contribution in [3.8, 4) is 0 Å². The van der Waals surface area contributed by atoms with Crippen molar-refractivity contribution in [1.29, 1.82) is 0 Å². The summed E-state index contributed by atoms with van der Waals surface area (Å²) < 4.78 is 10.5. The van der Waals surface area contributed by atoms with E-state index in [1.165, 1.54) is 0 Å². The fraction of sp³-hybridized carbons (Fsp3) is 0.812. The molecule has 2 aliphatic rings. The molecule has 3 heterocycles. The molecule has 1 amide bonds. The smallest absolute Gasteiger partial charge is 0.234 e. The minimum absolute atomic E-state index is 0.0857. The van der Waals surface area contributed by atoms with Crippen LogP contribution in [0.1, 0.15) is 31.0 Å². The Morgan fingerprint density at radius 1 is 1.46 bits per heavy atom. The largest absolute Gasteiger partial charge is 0.376 e. The lowest BCUT2D eigenvalue weighted by molar-refractivity contribution is -0.122. The molecular weight excluding hydrogens is 310 g/mol. The van der Waals surface area contributed by atoms with Gasteiger partial charge in [0.05, 0.1) is 19.2 Å². The van der Waals surface area contributed by atoms with Crippen molar-refractivity contribution in [3.63, 3.8) is 0 Å². The van der Waals surface area contributed by atoms with Crippen LogP contribution in [0.15, 0.2) is 4.52 Å². The maximum absolute atomic E-state index is 12.1. The van der Waals surface area contributed by atoms with Crippen molar-refractivity contribution in [1.82, 2.24) is 25.3 Å². The van der Waals surface area contributed by atoms with Crippen LogP contribution in [0.5, 0.6) is 0 Å². The molecule has 1 aromatic rings. The van der Waals surface area contributed by atoms with Gasteiger partial charge in [0.15, 0.2) is 5.82 Å². The number of aromatic nitrogens is 2. The van der Waals surface area contributed by atoms with E-state index in [1.54, 1.807) is 6.92 Å². The predicted octanol–water partition coefficient (Wildman–Crippen LogP) is 0.179. The van der Waals surface area contributed by atoms with E-state index in [0.29, 0.717) is 37.4 Å². The van der Waals surface area contributed by atoms with Gasteiger partial charge in [0.2, 0.25) is 11.8 Å². The number of amides is 1. The molecule has 8 nitrogen and oxygen atoms in total. The van der Waals surface area contributed by atoms with Crippen LogP contribution in [0.4, 0.5) is 0 Å². The lowest BCUT2D eigenvalue weighted by atomic mass is 10.2. The van der Waals surface area contributed by atoms with Crippen molar-refractivity contribution >= 4 is 5.91 Å². The third-order valence-electron chi connectivity index (χ3n) is 4.75. The highest BCUT2D eigenvalue weighted by molar-refractivity contribution is 5.78. The molecule has 2 saturated heterocycles. The van der Waals surface area contributed by atoms with Crippen LogP contribution < -0.4 is 5.32 Å². The zero-order chi connectivity index (χ0) is 16.9. The van der Waals surface area contributed by atoms with E-state index < -0.39 is 0 Å². The number of nitrogens with zero attached hydrogens (tertiary/aromatic N) is 4. The van der Waals surface area contributed by atoms with Crippen molar-refractivity contribution in [2.45, 2.75) is 44.9 Å². The maximum atomic E-state index is 12.1. The highest BCUT2D eigenvalue weighted by atomic mass is 16.5. The first kappa shape index (κ1) is 17.3. The van der Waals surface area contributed by atoms with E-state index >= 15 is 0 Å². The number of nitrogens with one attached hydrogen (secondary N) is 1. The van der Waals surface area contributed by atoms with Gasteiger partial charge >= 0.3 is 0 Å².